The summed E-state index contributed by atoms with van der Waals surface area (Å²) in [5.41, 5.74) is 3.86. The highest BCUT2D eigenvalue weighted by atomic mass is 32.2. The van der Waals surface area contributed by atoms with Gasteiger partial charge in [-0.1, -0.05) is 37.3 Å². The number of anilines is 1. The van der Waals surface area contributed by atoms with Gasteiger partial charge >= 0.3 is 0 Å². The van der Waals surface area contributed by atoms with Crippen LogP contribution in [0.3, 0.4) is 0 Å². The summed E-state index contributed by atoms with van der Waals surface area (Å²) in [5, 5.41) is 4.65. The average Bonchev–Trinajstić information content (AvgIpc) is 2.90. The van der Waals surface area contributed by atoms with Crippen molar-refractivity contribution in [1.29, 1.82) is 0 Å². The van der Waals surface area contributed by atoms with Crippen LogP contribution in [0.4, 0.5) is 5.69 Å². The number of aryl methyl sites for hydroxylation is 1. The van der Waals surface area contributed by atoms with Crippen molar-refractivity contribution in [2.24, 2.45) is 0 Å². The molecule has 0 saturated heterocycles. The zero-order chi connectivity index (χ0) is 16.0. The van der Waals surface area contributed by atoms with Crippen LogP contribution in [-0.4, -0.2) is 15.7 Å². The summed E-state index contributed by atoms with van der Waals surface area (Å²) in [6.45, 7) is 5.07. The third-order valence-electron chi connectivity index (χ3n) is 4.28. The number of carbonyl (C=O) groups is 1. The number of nitrogens with zero attached hydrogens (tertiary/aromatic N) is 1. The molecule has 3 nitrogen and oxygen atoms in total. The number of aromatic nitrogens is 1. The van der Waals surface area contributed by atoms with E-state index in [1.54, 1.807) is 0 Å². The molecule has 1 aliphatic heterocycles. The normalized spacial score (nSPS) is 16.5. The fourth-order valence-electron chi connectivity index (χ4n) is 3.17. The van der Waals surface area contributed by atoms with E-state index in [4.69, 9.17) is 0 Å². The fraction of sp³-hybridized carbons (Fsp3) is 0.211. The lowest BCUT2D eigenvalue weighted by molar-refractivity contribution is 0.101. The smallest absolute Gasteiger partial charge is 0.272 e. The van der Waals surface area contributed by atoms with Gasteiger partial charge in [-0.05, 0) is 30.7 Å². The summed E-state index contributed by atoms with van der Waals surface area (Å²) < 4.78 is 2.17. The highest BCUT2D eigenvalue weighted by Crippen LogP contribution is 2.38. The number of nitrogens with one attached hydrogen (secondary N) is 1. The zero-order valence-corrected chi connectivity index (χ0v) is 14.0. The maximum Gasteiger partial charge on any atom is 0.272 e. The topological polar surface area (TPSA) is 34.0 Å². The molecular weight excluding hydrogens is 304 g/mol. The Hall–Kier alpha value is -2.20. The van der Waals surface area contributed by atoms with E-state index in [-0.39, 0.29) is 5.91 Å². The van der Waals surface area contributed by atoms with Gasteiger partial charge in [-0.25, -0.2) is 0 Å². The van der Waals surface area contributed by atoms with Crippen LogP contribution in [0.1, 0.15) is 23.0 Å². The lowest BCUT2D eigenvalue weighted by Crippen LogP contribution is -2.22. The first kappa shape index (κ1) is 14.4. The van der Waals surface area contributed by atoms with Crippen LogP contribution in [0, 0.1) is 6.92 Å². The number of amides is 1. The number of hydrogen-bond donors (Lipinski definition) is 1. The van der Waals surface area contributed by atoms with Crippen molar-refractivity contribution in [1.82, 2.24) is 4.57 Å². The Morgan fingerprint density at radius 3 is 2.87 bits per heavy atom. The van der Waals surface area contributed by atoms with Crippen molar-refractivity contribution in [3.63, 3.8) is 0 Å². The van der Waals surface area contributed by atoms with Crippen molar-refractivity contribution < 1.29 is 4.79 Å². The van der Waals surface area contributed by atoms with Crippen molar-refractivity contribution in [2.45, 2.75) is 30.5 Å². The van der Waals surface area contributed by atoms with E-state index in [0.717, 1.165) is 28.9 Å². The summed E-state index contributed by atoms with van der Waals surface area (Å²) in [6, 6.07) is 16.2. The van der Waals surface area contributed by atoms with E-state index in [0.29, 0.717) is 5.25 Å². The van der Waals surface area contributed by atoms with E-state index in [2.05, 4.69) is 35.0 Å². The summed E-state index contributed by atoms with van der Waals surface area (Å²) >= 11 is 1.88. The van der Waals surface area contributed by atoms with E-state index in [1.165, 1.54) is 10.4 Å². The molecule has 1 atom stereocenters. The highest BCUT2D eigenvalue weighted by molar-refractivity contribution is 8.00. The van der Waals surface area contributed by atoms with Crippen LogP contribution in [0.15, 0.2) is 53.4 Å². The molecule has 2 aromatic carbocycles. The molecule has 1 N–H and O–H groups in total. The van der Waals surface area contributed by atoms with Gasteiger partial charge in [0.05, 0.1) is 5.52 Å². The molecule has 0 saturated carbocycles. The van der Waals surface area contributed by atoms with Crippen LogP contribution >= 0.6 is 11.8 Å². The quantitative estimate of drug-likeness (QED) is 0.742. The SMILES string of the molecule is Cc1ccccc1NC(=O)c1cc2cccc3c2n1C[C@H](C)S3. The molecule has 2 heterocycles. The molecule has 1 aliphatic rings. The van der Waals surface area contributed by atoms with E-state index in [9.17, 15) is 4.79 Å². The second-order valence-corrected chi connectivity index (χ2v) is 7.51. The Morgan fingerprint density at radius 2 is 2.04 bits per heavy atom. The molecule has 0 fully saturated rings. The van der Waals surface area contributed by atoms with Gasteiger partial charge < -0.3 is 9.88 Å². The largest absolute Gasteiger partial charge is 0.334 e. The van der Waals surface area contributed by atoms with Crippen molar-refractivity contribution in [2.75, 3.05) is 5.32 Å². The first-order valence-electron chi connectivity index (χ1n) is 7.79. The van der Waals surface area contributed by atoms with Crippen LogP contribution in [0.25, 0.3) is 10.9 Å². The first-order chi connectivity index (χ1) is 11.1. The van der Waals surface area contributed by atoms with Gasteiger partial charge in [0.1, 0.15) is 5.69 Å². The number of thioether (sulfide) groups is 1. The van der Waals surface area contributed by atoms with Crippen LogP contribution < -0.4 is 5.32 Å². The van der Waals surface area contributed by atoms with Gasteiger partial charge in [0, 0.05) is 27.8 Å². The third-order valence-corrected chi connectivity index (χ3v) is 5.41. The third kappa shape index (κ3) is 2.43. The van der Waals surface area contributed by atoms with Gasteiger partial charge in [-0.2, -0.15) is 0 Å². The summed E-state index contributed by atoms with van der Waals surface area (Å²) in [5.74, 6) is -0.0412. The maximum atomic E-state index is 12.8. The molecule has 3 aromatic rings. The number of carbonyl (C=O) groups excluding carboxylic acids is 1. The van der Waals surface area contributed by atoms with Gasteiger partial charge in [0.25, 0.3) is 5.91 Å². The molecule has 4 rings (SSSR count). The van der Waals surface area contributed by atoms with Gasteiger partial charge in [-0.3, -0.25) is 4.79 Å². The molecule has 1 amide bonds. The molecule has 116 valence electrons. The molecule has 0 aliphatic carbocycles. The van der Waals surface area contributed by atoms with Crippen LogP contribution in [0.2, 0.25) is 0 Å². The monoisotopic (exact) mass is 322 g/mol. The molecule has 0 bridgehead atoms. The lowest BCUT2D eigenvalue weighted by Gasteiger charge is -2.22. The predicted molar refractivity (Wildman–Crippen MR) is 96.4 cm³/mol. The lowest BCUT2D eigenvalue weighted by atomic mass is 10.2. The zero-order valence-electron chi connectivity index (χ0n) is 13.2. The van der Waals surface area contributed by atoms with Crippen molar-refractivity contribution in [3.05, 3.63) is 59.8 Å². The van der Waals surface area contributed by atoms with Crippen molar-refractivity contribution in [3.8, 4) is 0 Å². The standard InChI is InChI=1S/C19H18N2OS/c1-12-6-3-4-8-15(12)20-19(22)16-10-14-7-5-9-17-18(14)21(16)11-13(2)23-17/h3-10,13H,11H2,1-2H3,(H,20,22)/t13-/m0/s1. The van der Waals surface area contributed by atoms with Gasteiger partial charge in [0.2, 0.25) is 0 Å². The van der Waals surface area contributed by atoms with E-state index in [1.807, 2.05) is 49.0 Å². The average molecular weight is 322 g/mol. The molecule has 0 radical (unpaired) electrons. The van der Waals surface area contributed by atoms with Crippen LogP contribution in [0.5, 0.6) is 0 Å². The Morgan fingerprint density at radius 1 is 1.22 bits per heavy atom. The minimum atomic E-state index is -0.0412. The Bertz CT molecular complexity index is 913. The number of rotatable bonds is 2. The first-order valence-corrected chi connectivity index (χ1v) is 8.67. The fourth-order valence-corrected chi connectivity index (χ4v) is 4.33. The molecule has 0 unspecified atom stereocenters. The summed E-state index contributed by atoms with van der Waals surface area (Å²) in [6.07, 6.45) is 0. The minimum absolute atomic E-state index is 0.0412. The number of para-hydroxylation sites is 2. The molecule has 0 spiro atoms. The predicted octanol–water partition coefficient (Wildman–Crippen LogP) is 4.70. The second-order valence-electron chi connectivity index (χ2n) is 6.03. The van der Waals surface area contributed by atoms with Crippen LogP contribution in [-0.2, 0) is 6.54 Å². The second kappa shape index (κ2) is 5.46. The van der Waals surface area contributed by atoms with Gasteiger partial charge in [0.15, 0.2) is 0 Å². The Labute approximate surface area is 139 Å². The van der Waals surface area contributed by atoms with Crippen molar-refractivity contribution >= 4 is 34.3 Å². The highest BCUT2D eigenvalue weighted by Gasteiger charge is 2.24. The number of hydrogen-bond acceptors (Lipinski definition) is 2. The summed E-state index contributed by atoms with van der Waals surface area (Å²) in [7, 11) is 0. The van der Waals surface area contributed by atoms with Gasteiger partial charge in [-0.15, -0.1) is 11.8 Å². The van der Waals surface area contributed by atoms with E-state index < -0.39 is 0 Å². The minimum Gasteiger partial charge on any atom is -0.334 e. The molecule has 4 heteroatoms. The number of benzene rings is 2. The molecule has 1 aromatic heterocycles. The molecule has 23 heavy (non-hydrogen) atoms. The van der Waals surface area contributed by atoms with E-state index >= 15 is 0 Å². The Balaban J connectivity index is 1.78. The maximum absolute atomic E-state index is 12.8. The molecular formula is C19H18N2OS. The Kier molecular flexibility index (Phi) is 3.42. The summed E-state index contributed by atoms with van der Waals surface area (Å²) in [4.78, 5) is 14.1.